The van der Waals surface area contributed by atoms with Crippen LogP contribution in [-0.2, 0) is 10.0 Å². The molecule has 0 radical (unpaired) electrons. The summed E-state index contributed by atoms with van der Waals surface area (Å²) in [5.74, 6) is 7.24. The fourth-order valence-corrected chi connectivity index (χ4v) is 3.88. The van der Waals surface area contributed by atoms with Gasteiger partial charge in [-0.05, 0) is 25.6 Å². The highest BCUT2D eigenvalue weighted by molar-refractivity contribution is 9.10. The van der Waals surface area contributed by atoms with E-state index in [1.807, 2.05) is 24.3 Å². The van der Waals surface area contributed by atoms with Crippen LogP contribution in [0.2, 0.25) is 0 Å². The van der Waals surface area contributed by atoms with E-state index in [9.17, 15) is 8.42 Å². The maximum Gasteiger partial charge on any atom is 0.211 e. The Morgan fingerprint density at radius 2 is 2.09 bits per heavy atom. The Balaban J connectivity index is 2.02. The van der Waals surface area contributed by atoms with Crippen LogP contribution in [0.4, 0.5) is 0 Å². The van der Waals surface area contributed by atoms with Gasteiger partial charge >= 0.3 is 0 Å². The minimum atomic E-state index is -3.17. The second-order valence-electron chi connectivity index (χ2n) is 4.38. The normalized spacial score (nSPS) is 11.7. The standard InChI is InChI=1S/C12H16BrN5O2S2/c1-15-22(19,20)8-4-7-21-12-17-16-11(18(12)14)9-5-2-3-6-10(9)13/h2-3,5-6,15H,4,7-8,14H2,1H3. The van der Waals surface area contributed by atoms with Crippen LogP contribution in [0.25, 0.3) is 11.4 Å². The number of hydrogen-bond donors (Lipinski definition) is 2. The van der Waals surface area contributed by atoms with Crippen LogP contribution in [0, 0.1) is 0 Å². The molecule has 0 saturated carbocycles. The molecule has 0 saturated heterocycles. The highest BCUT2D eigenvalue weighted by Gasteiger charge is 2.14. The van der Waals surface area contributed by atoms with E-state index in [0.717, 1.165) is 10.0 Å². The molecule has 10 heteroatoms. The Kier molecular flexibility index (Phi) is 5.84. The zero-order valence-corrected chi connectivity index (χ0v) is 15.1. The number of nitrogen functional groups attached to an aromatic ring is 1. The summed E-state index contributed by atoms with van der Waals surface area (Å²) in [4.78, 5) is 0. The van der Waals surface area contributed by atoms with Gasteiger partial charge in [0, 0.05) is 15.8 Å². The van der Waals surface area contributed by atoms with E-state index >= 15 is 0 Å². The third-order valence-electron chi connectivity index (χ3n) is 2.88. The molecule has 0 aliphatic rings. The smallest absolute Gasteiger partial charge is 0.211 e. The molecule has 0 bridgehead atoms. The van der Waals surface area contributed by atoms with Gasteiger partial charge < -0.3 is 5.84 Å². The molecule has 0 spiro atoms. The van der Waals surface area contributed by atoms with Crippen LogP contribution in [-0.4, -0.2) is 41.8 Å². The molecule has 1 aromatic heterocycles. The molecule has 2 aromatic rings. The number of nitrogens with zero attached hydrogens (tertiary/aromatic N) is 3. The second kappa shape index (κ2) is 7.44. The molecule has 7 nitrogen and oxygen atoms in total. The van der Waals surface area contributed by atoms with Crippen molar-refractivity contribution in [1.82, 2.24) is 19.6 Å². The molecule has 3 N–H and O–H groups in total. The van der Waals surface area contributed by atoms with E-state index < -0.39 is 10.0 Å². The van der Waals surface area contributed by atoms with Crippen LogP contribution >= 0.6 is 27.7 Å². The van der Waals surface area contributed by atoms with Crippen LogP contribution in [0.3, 0.4) is 0 Å². The van der Waals surface area contributed by atoms with Gasteiger partial charge in [0.25, 0.3) is 0 Å². The number of halogens is 1. The number of nitrogens with two attached hydrogens (primary N) is 1. The molecule has 1 heterocycles. The summed E-state index contributed by atoms with van der Waals surface area (Å²) in [6.07, 6.45) is 0.505. The monoisotopic (exact) mass is 405 g/mol. The van der Waals surface area contributed by atoms with Crippen molar-refractivity contribution in [2.24, 2.45) is 0 Å². The number of thioether (sulfide) groups is 1. The van der Waals surface area contributed by atoms with Crippen molar-refractivity contribution in [2.45, 2.75) is 11.6 Å². The number of benzene rings is 1. The Hall–Kier alpha value is -1.10. The first-order valence-electron chi connectivity index (χ1n) is 6.44. The third kappa shape index (κ3) is 4.22. The van der Waals surface area contributed by atoms with E-state index in [0.29, 0.717) is 23.2 Å². The molecular weight excluding hydrogens is 390 g/mol. The lowest BCUT2D eigenvalue weighted by molar-refractivity contribution is 0.587. The number of hydrogen-bond acceptors (Lipinski definition) is 6. The van der Waals surface area contributed by atoms with Gasteiger partial charge in [-0.15, -0.1) is 10.2 Å². The quantitative estimate of drug-likeness (QED) is 0.410. The number of nitrogens with one attached hydrogen (secondary N) is 1. The van der Waals surface area contributed by atoms with E-state index in [4.69, 9.17) is 5.84 Å². The van der Waals surface area contributed by atoms with Gasteiger partial charge in [0.1, 0.15) is 0 Å². The zero-order chi connectivity index (χ0) is 16.2. The van der Waals surface area contributed by atoms with Gasteiger partial charge in [0.05, 0.1) is 5.75 Å². The van der Waals surface area contributed by atoms with Gasteiger partial charge in [-0.1, -0.05) is 39.8 Å². The topological polar surface area (TPSA) is 103 Å². The van der Waals surface area contributed by atoms with Crippen LogP contribution in [0.5, 0.6) is 0 Å². The maximum absolute atomic E-state index is 11.3. The molecule has 0 amide bonds. The number of sulfonamides is 1. The van der Waals surface area contributed by atoms with Crippen molar-refractivity contribution in [3.63, 3.8) is 0 Å². The second-order valence-corrected chi connectivity index (χ2v) is 8.34. The lowest BCUT2D eigenvalue weighted by Crippen LogP contribution is -2.22. The summed E-state index contributed by atoms with van der Waals surface area (Å²) in [5, 5.41) is 8.70. The molecule has 0 aliphatic heterocycles. The first kappa shape index (κ1) is 17.3. The van der Waals surface area contributed by atoms with E-state index in [1.54, 1.807) is 0 Å². The lowest BCUT2D eigenvalue weighted by Gasteiger charge is -2.05. The molecule has 120 valence electrons. The first-order valence-corrected chi connectivity index (χ1v) is 9.87. The van der Waals surface area contributed by atoms with Gasteiger partial charge in [-0.25, -0.2) is 17.8 Å². The van der Waals surface area contributed by atoms with E-state index in [-0.39, 0.29) is 5.75 Å². The molecule has 2 rings (SSSR count). The average Bonchev–Trinajstić information content (AvgIpc) is 2.85. The first-order chi connectivity index (χ1) is 10.4. The summed E-state index contributed by atoms with van der Waals surface area (Å²) in [5.41, 5.74) is 0.849. The Morgan fingerprint density at radius 1 is 1.36 bits per heavy atom. The molecule has 0 fully saturated rings. The Bertz CT molecular complexity index is 748. The zero-order valence-electron chi connectivity index (χ0n) is 11.9. The van der Waals surface area contributed by atoms with Gasteiger partial charge in [0.15, 0.2) is 5.82 Å². The molecule has 1 aromatic carbocycles. The lowest BCUT2D eigenvalue weighted by atomic mass is 10.2. The number of rotatable bonds is 7. The van der Waals surface area contributed by atoms with E-state index in [2.05, 4.69) is 30.8 Å². The van der Waals surface area contributed by atoms with Crippen LogP contribution in [0.1, 0.15) is 6.42 Å². The van der Waals surface area contributed by atoms with Crippen molar-refractivity contribution in [2.75, 3.05) is 24.4 Å². The van der Waals surface area contributed by atoms with Crippen LogP contribution in [0.15, 0.2) is 33.9 Å². The van der Waals surface area contributed by atoms with Crippen molar-refractivity contribution in [1.29, 1.82) is 0 Å². The fraction of sp³-hybridized carbons (Fsp3) is 0.333. The van der Waals surface area contributed by atoms with Crippen LogP contribution < -0.4 is 10.6 Å². The van der Waals surface area contributed by atoms with Crippen molar-refractivity contribution in [3.8, 4) is 11.4 Å². The average molecular weight is 406 g/mol. The molecule has 22 heavy (non-hydrogen) atoms. The minimum absolute atomic E-state index is 0.0757. The predicted molar refractivity (Wildman–Crippen MR) is 91.5 cm³/mol. The molecular formula is C12H16BrN5O2S2. The number of aromatic nitrogens is 3. The molecule has 0 aliphatic carbocycles. The minimum Gasteiger partial charge on any atom is -0.335 e. The van der Waals surface area contributed by atoms with Gasteiger partial charge in [0.2, 0.25) is 15.2 Å². The highest BCUT2D eigenvalue weighted by Crippen LogP contribution is 2.27. The Morgan fingerprint density at radius 3 is 2.77 bits per heavy atom. The van der Waals surface area contributed by atoms with Gasteiger partial charge in [-0.2, -0.15) is 0 Å². The largest absolute Gasteiger partial charge is 0.335 e. The predicted octanol–water partition coefficient (Wildman–Crippen LogP) is 1.45. The SMILES string of the molecule is CNS(=O)(=O)CCCSc1nnc(-c2ccccc2Br)n1N. The summed E-state index contributed by atoms with van der Waals surface area (Å²) in [7, 11) is -1.77. The van der Waals surface area contributed by atoms with Crippen molar-refractivity contribution >= 4 is 37.7 Å². The van der Waals surface area contributed by atoms with Crippen molar-refractivity contribution < 1.29 is 8.42 Å². The van der Waals surface area contributed by atoms with E-state index in [1.165, 1.54) is 23.5 Å². The van der Waals surface area contributed by atoms with Gasteiger partial charge in [-0.3, -0.25) is 0 Å². The van der Waals surface area contributed by atoms with Crippen molar-refractivity contribution in [3.05, 3.63) is 28.7 Å². The summed E-state index contributed by atoms with van der Waals surface area (Å²) >= 11 is 4.83. The molecule has 0 unspecified atom stereocenters. The third-order valence-corrected chi connectivity index (χ3v) is 6.05. The summed E-state index contributed by atoms with van der Waals surface area (Å²) in [6, 6.07) is 7.59. The summed E-state index contributed by atoms with van der Waals surface area (Å²) < 4.78 is 27.2. The highest BCUT2D eigenvalue weighted by atomic mass is 79.9. The maximum atomic E-state index is 11.3. The molecule has 0 atom stereocenters. The fourth-order valence-electron chi connectivity index (χ4n) is 1.72. The Labute approximate surface area is 141 Å². The summed E-state index contributed by atoms with van der Waals surface area (Å²) in [6.45, 7) is 0.